The second kappa shape index (κ2) is 5.53. The molecule has 0 radical (unpaired) electrons. The van der Waals surface area contributed by atoms with E-state index >= 15 is 0 Å². The third-order valence-corrected chi connectivity index (χ3v) is 4.32. The van der Waals surface area contributed by atoms with E-state index in [0.29, 0.717) is 22.6 Å². The van der Waals surface area contributed by atoms with Gasteiger partial charge in [0.05, 0.1) is 0 Å². The molecule has 0 N–H and O–H groups in total. The van der Waals surface area contributed by atoms with Gasteiger partial charge in [-0.25, -0.2) is 9.55 Å². The van der Waals surface area contributed by atoms with Crippen molar-refractivity contribution < 1.29 is 22.6 Å². The molecule has 8 heteroatoms. The van der Waals surface area contributed by atoms with Gasteiger partial charge in [-0.2, -0.15) is 0 Å². The Morgan fingerprint density at radius 2 is 1.86 bits per heavy atom. The van der Waals surface area contributed by atoms with Crippen molar-refractivity contribution in [2.45, 2.75) is 0 Å². The third kappa shape index (κ3) is 2.74. The Labute approximate surface area is 125 Å². The van der Waals surface area contributed by atoms with Crippen molar-refractivity contribution >= 4 is 18.9 Å². The van der Waals surface area contributed by atoms with E-state index < -0.39 is 7.82 Å². The van der Waals surface area contributed by atoms with Crippen molar-refractivity contribution in [2.24, 2.45) is 0 Å². The van der Waals surface area contributed by atoms with Crippen LogP contribution in [0.3, 0.4) is 0 Å². The first-order valence-corrected chi connectivity index (χ1v) is 7.75. The first kappa shape index (κ1) is 14.7. The number of hydrogen-bond acceptors (Lipinski definition) is 7. The maximum atomic E-state index is 12.0. The van der Waals surface area contributed by atoms with Gasteiger partial charge in [-0.15, -0.1) is 0 Å². The lowest BCUT2D eigenvalue weighted by atomic mass is 10.2. The van der Waals surface area contributed by atoms with E-state index in [1.54, 1.807) is 18.2 Å². The standard InChI is InChI=1S/C14H12NO6P/c1-18-22(17,19-2)21-10-4-6-12-14(8-10)20-13-7-9(16)3-5-11(13)15-12/h3-8H,1-2H3. The molecule has 1 aliphatic carbocycles. The maximum Gasteiger partial charge on any atom is 0.529 e. The van der Waals surface area contributed by atoms with Gasteiger partial charge < -0.3 is 8.94 Å². The summed E-state index contributed by atoms with van der Waals surface area (Å²) >= 11 is 0. The number of benzene rings is 2. The van der Waals surface area contributed by atoms with Crippen LogP contribution in [-0.4, -0.2) is 19.2 Å². The SMILES string of the molecule is COP(=O)(OC)Oc1ccc2nc3ccc(=O)cc-3oc2c1. The molecule has 0 atom stereocenters. The average Bonchev–Trinajstić information content (AvgIpc) is 2.52. The minimum Gasteiger partial charge on any atom is -0.453 e. The fourth-order valence-corrected chi connectivity index (χ4v) is 2.59. The number of rotatable bonds is 4. The molecule has 0 saturated heterocycles. The Morgan fingerprint density at radius 1 is 1.09 bits per heavy atom. The summed E-state index contributed by atoms with van der Waals surface area (Å²) in [6, 6.07) is 9.09. The van der Waals surface area contributed by atoms with Crippen molar-refractivity contribution in [1.82, 2.24) is 4.98 Å². The molecule has 0 saturated carbocycles. The summed E-state index contributed by atoms with van der Waals surface area (Å²) in [5.74, 6) is 0.599. The van der Waals surface area contributed by atoms with Crippen LogP contribution in [0.5, 0.6) is 5.75 Å². The summed E-state index contributed by atoms with van der Waals surface area (Å²) < 4.78 is 32.2. The van der Waals surface area contributed by atoms with Crippen LogP contribution < -0.4 is 9.95 Å². The zero-order valence-corrected chi connectivity index (χ0v) is 12.7. The Balaban J connectivity index is 2.10. The van der Waals surface area contributed by atoms with Gasteiger partial charge in [0, 0.05) is 26.4 Å². The molecular formula is C14H12NO6P. The van der Waals surface area contributed by atoms with Gasteiger partial charge in [0.2, 0.25) is 0 Å². The quantitative estimate of drug-likeness (QED) is 0.539. The molecule has 2 aliphatic rings. The molecule has 0 unspecified atom stereocenters. The highest BCUT2D eigenvalue weighted by Crippen LogP contribution is 2.48. The number of aromatic nitrogens is 1. The van der Waals surface area contributed by atoms with E-state index in [2.05, 4.69) is 4.98 Å². The van der Waals surface area contributed by atoms with Crippen molar-refractivity contribution in [3.8, 4) is 17.2 Å². The number of phosphoric ester groups is 1. The predicted molar refractivity (Wildman–Crippen MR) is 79.2 cm³/mol. The maximum absolute atomic E-state index is 12.0. The van der Waals surface area contributed by atoms with Crippen LogP contribution in [0.4, 0.5) is 0 Å². The zero-order chi connectivity index (χ0) is 15.7. The average molecular weight is 321 g/mol. The molecule has 0 bridgehead atoms. The molecule has 1 aromatic rings. The number of phosphoric acid groups is 1. The molecular weight excluding hydrogens is 309 g/mol. The van der Waals surface area contributed by atoms with Crippen molar-refractivity contribution in [2.75, 3.05) is 14.2 Å². The van der Waals surface area contributed by atoms with Gasteiger partial charge in [-0.3, -0.25) is 13.8 Å². The Hall–Kier alpha value is -2.21. The molecule has 7 nitrogen and oxygen atoms in total. The topological polar surface area (TPSA) is 87.9 Å². The van der Waals surface area contributed by atoms with E-state index in [4.69, 9.17) is 18.0 Å². The van der Waals surface area contributed by atoms with Crippen LogP contribution in [0.1, 0.15) is 0 Å². The highest BCUT2D eigenvalue weighted by molar-refractivity contribution is 7.48. The lowest BCUT2D eigenvalue weighted by molar-refractivity contribution is 0.211. The van der Waals surface area contributed by atoms with E-state index in [1.807, 2.05) is 0 Å². The highest BCUT2D eigenvalue weighted by atomic mass is 31.2. The normalized spacial score (nSPS) is 11.9. The smallest absolute Gasteiger partial charge is 0.453 e. The second-order valence-corrected chi connectivity index (χ2v) is 6.18. The molecule has 114 valence electrons. The molecule has 0 spiro atoms. The highest BCUT2D eigenvalue weighted by Gasteiger charge is 2.25. The molecule has 22 heavy (non-hydrogen) atoms. The summed E-state index contributed by atoms with van der Waals surface area (Å²) in [7, 11) is -1.20. The third-order valence-electron chi connectivity index (χ3n) is 2.99. The molecule has 0 fully saturated rings. The van der Waals surface area contributed by atoms with Crippen LogP contribution in [0.25, 0.3) is 22.6 Å². The van der Waals surface area contributed by atoms with E-state index in [-0.39, 0.29) is 11.2 Å². The summed E-state index contributed by atoms with van der Waals surface area (Å²) in [6.07, 6.45) is 0. The van der Waals surface area contributed by atoms with Crippen LogP contribution in [0.2, 0.25) is 0 Å². The summed E-state index contributed by atoms with van der Waals surface area (Å²) in [4.78, 5) is 15.7. The minimum absolute atomic E-state index is 0.173. The van der Waals surface area contributed by atoms with Gasteiger partial charge in [-0.05, 0) is 24.3 Å². The van der Waals surface area contributed by atoms with Crippen molar-refractivity contribution in [3.05, 3.63) is 46.6 Å². The summed E-state index contributed by atoms with van der Waals surface area (Å²) in [6.45, 7) is 0. The molecule has 1 aliphatic heterocycles. The predicted octanol–water partition coefficient (Wildman–Crippen LogP) is 3.07. The Kier molecular flexibility index (Phi) is 3.70. The number of hydrogen-bond donors (Lipinski definition) is 0. The number of nitrogens with zero attached hydrogens (tertiary/aromatic N) is 1. The molecule has 0 aromatic heterocycles. The summed E-state index contributed by atoms with van der Waals surface area (Å²) in [5, 5.41) is 0. The lowest BCUT2D eigenvalue weighted by Crippen LogP contribution is -2.00. The van der Waals surface area contributed by atoms with Crippen molar-refractivity contribution in [3.63, 3.8) is 0 Å². The van der Waals surface area contributed by atoms with Gasteiger partial charge in [0.1, 0.15) is 17.0 Å². The van der Waals surface area contributed by atoms with Crippen LogP contribution >= 0.6 is 7.82 Å². The lowest BCUT2D eigenvalue weighted by Gasteiger charge is -2.14. The van der Waals surface area contributed by atoms with Gasteiger partial charge >= 0.3 is 7.82 Å². The fourth-order valence-electron chi connectivity index (χ4n) is 1.92. The molecule has 3 rings (SSSR count). The van der Waals surface area contributed by atoms with E-state index in [1.165, 1.54) is 32.4 Å². The minimum atomic E-state index is -3.65. The van der Waals surface area contributed by atoms with E-state index in [0.717, 1.165) is 0 Å². The van der Waals surface area contributed by atoms with Crippen LogP contribution in [0, 0.1) is 0 Å². The zero-order valence-electron chi connectivity index (χ0n) is 11.8. The Morgan fingerprint density at radius 3 is 2.59 bits per heavy atom. The van der Waals surface area contributed by atoms with Crippen molar-refractivity contribution in [1.29, 1.82) is 0 Å². The second-order valence-electron chi connectivity index (χ2n) is 4.38. The monoisotopic (exact) mass is 321 g/mol. The Bertz CT molecular complexity index is 897. The molecule has 0 amide bonds. The van der Waals surface area contributed by atoms with Gasteiger partial charge in [0.25, 0.3) is 0 Å². The first-order chi connectivity index (χ1) is 10.5. The van der Waals surface area contributed by atoms with E-state index in [9.17, 15) is 9.36 Å². The largest absolute Gasteiger partial charge is 0.529 e. The number of fused-ring (bicyclic) bond motifs is 2. The first-order valence-electron chi connectivity index (χ1n) is 6.29. The van der Waals surface area contributed by atoms with Gasteiger partial charge in [-0.1, -0.05) is 0 Å². The van der Waals surface area contributed by atoms with Crippen LogP contribution in [0.15, 0.2) is 45.6 Å². The fraction of sp³-hybridized carbons (Fsp3) is 0.143. The van der Waals surface area contributed by atoms with Crippen LogP contribution in [-0.2, 0) is 13.6 Å². The molecule has 1 aromatic carbocycles. The van der Waals surface area contributed by atoms with Gasteiger partial charge in [0.15, 0.2) is 16.8 Å². The molecule has 1 heterocycles. The summed E-state index contributed by atoms with van der Waals surface area (Å²) in [5.41, 5.74) is 1.35.